The third-order valence-corrected chi connectivity index (χ3v) is 2.72. The number of pyridine rings is 1. The Hall–Kier alpha value is -2.36. The van der Waals surface area contributed by atoms with Crippen molar-refractivity contribution in [3.05, 3.63) is 59.4 Å². The van der Waals surface area contributed by atoms with Crippen molar-refractivity contribution < 1.29 is 15.0 Å². The van der Waals surface area contributed by atoms with Crippen LogP contribution in [-0.2, 0) is 0 Å². The Kier molecular flexibility index (Phi) is 5.72. The molecule has 0 aliphatic heterocycles. The summed E-state index contributed by atoms with van der Waals surface area (Å²) in [5.74, 6) is -0.126. The summed E-state index contributed by atoms with van der Waals surface area (Å²) in [7, 11) is 0. The topological polar surface area (TPSA) is 70.4 Å². The van der Waals surface area contributed by atoms with Gasteiger partial charge >= 0.3 is 5.97 Å². The third-order valence-electron chi connectivity index (χ3n) is 2.72. The van der Waals surface area contributed by atoms with Gasteiger partial charge in [-0.05, 0) is 42.2 Å². The van der Waals surface area contributed by atoms with Gasteiger partial charge in [-0.1, -0.05) is 26.0 Å². The molecule has 0 spiro atoms. The molecule has 4 heteroatoms. The number of carboxylic acids is 1. The van der Waals surface area contributed by atoms with Crippen molar-refractivity contribution in [2.45, 2.75) is 26.7 Å². The van der Waals surface area contributed by atoms with Gasteiger partial charge in [0.2, 0.25) is 0 Å². The van der Waals surface area contributed by atoms with E-state index in [-0.39, 0.29) is 5.56 Å². The largest absolute Gasteiger partial charge is 0.508 e. The van der Waals surface area contributed by atoms with Gasteiger partial charge in [0, 0.05) is 12.4 Å². The zero-order valence-electron chi connectivity index (χ0n) is 11.9. The molecule has 0 unspecified atom stereocenters. The number of aryl methyl sites for hydroxylation is 1. The second-order valence-electron chi connectivity index (χ2n) is 4.76. The fraction of sp³-hybridized carbons (Fsp3) is 0.250. The molecule has 1 heterocycles. The van der Waals surface area contributed by atoms with E-state index in [1.165, 1.54) is 18.5 Å². The summed E-state index contributed by atoms with van der Waals surface area (Å²) >= 11 is 0. The summed E-state index contributed by atoms with van der Waals surface area (Å²) in [6, 6.07) is 8.89. The zero-order valence-corrected chi connectivity index (χ0v) is 11.9. The van der Waals surface area contributed by atoms with Crippen LogP contribution in [0.1, 0.15) is 41.3 Å². The first-order valence-corrected chi connectivity index (χ1v) is 6.34. The predicted octanol–water partition coefficient (Wildman–Crippen LogP) is 3.60. The molecular weight excluding hydrogens is 254 g/mol. The van der Waals surface area contributed by atoms with E-state index in [9.17, 15) is 9.90 Å². The number of nitrogens with zero attached hydrogens (tertiary/aromatic N) is 1. The van der Waals surface area contributed by atoms with Crippen LogP contribution in [0.2, 0.25) is 0 Å². The van der Waals surface area contributed by atoms with Crippen molar-refractivity contribution in [3.63, 3.8) is 0 Å². The number of hydrogen-bond acceptors (Lipinski definition) is 3. The average Bonchev–Trinajstić information content (AvgIpc) is 2.40. The highest BCUT2D eigenvalue weighted by Crippen LogP contribution is 2.25. The van der Waals surface area contributed by atoms with E-state index >= 15 is 0 Å². The summed E-state index contributed by atoms with van der Waals surface area (Å²) in [5, 5.41) is 17.8. The maximum absolute atomic E-state index is 10.2. The zero-order chi connectivity index (χ0) is 15.1. The number of hydrogen-bond donors (Lipinski definition) is 2. The van der Waals surface area contributed by atoms with Crippen molar-refractivity contribution >= 4 is 5.97 Å². The number of benzene rings is 1. The fourth-order valence-corrected chi connectivity index (χ4v) is 1.63. The molecule has 0 bridgehead atoms. The molecule has 20 heavy (non-hydrogen) atoms. The third kappa shape index (κ3) is 4.72. The lowest BCUT2D eigenvalue weighted by atomic mass is 10.0. The molecule has 4 nitrogen and oxygen atoms in total. The van der Waals surface area contributed by atoms with E-state index in [0.717, 1.165) is 11.1 Å². The van der Waals surface area contributed by atoms with Crippen LogP contribution in [0.4, 0.5) is 0 Å². The molecule has 1 aromatic heterocycles. The standard InChI is InChI=1S/C10H14O.C6H5NO2/c1-7(2)9-5-4-8(3)6-10(9)11;8-6(9)5-2-1-3-7-4-5/h4-7,11H,1-3H3;1-4H,(H,8,9). The van der Waals surface area contributed by atoms with Crippen molar-refractivity contribution in [1.82, 2.24) is 4.98 Å². The summed E-state index contributed by atoms with van der Waals surface area (Å²) in [5.41, 5.74) is 2.35. The maximum atomic E-state index is 10.2. The molecule has 0 atom stereocenters. The second kappa shape index (κ2) is 7.28. The molecular formula is C16H19NO3. The van der Waals surface area contributed by atoms with Crippen LogP contribution in [0.5, 0.6) is 5.75 Å². The van der Waals surface area contributed by atoms with Crippen LogP contribution in [0.3, 0.4) is 0 Å². The smallest absolute Gasteiger partial charge is 0.337 e. The monoisotopic (exact) mass is 273 g/mol. The number of phenolic OH excluding ortho intramolecular Hbond substituents is 1. The lowest BCUT2D eigenvalue weighted by molar-refractivity contribution is 0.0696. The van der Waals surface area contributed by atoms with Crippen molar-refractivity contribution in [3.8, 4) is 5.75 Å². The fourth-order valence-electron chi connectivity index (χ4n) is 1.63. The van der Waals surface area contributed by atoms with E-state index in [1.807, 2.05) is 19.1 Å². The minimum Gasteiger partial charge on any atom is -0.508 e. The van der Waals surface area contributed by atoms with Gasteiger partial charge in [-0.3, -0.25) is 4.98 Å². The minimum atomic E-state index is -0.942. The molecule has 0 radical (unpaired) electrons. The number of phenols is 1. The number of aromatic nitrogens is 1. The van der Waals surface area contributed by atoms with E-state index in [0.29, 0.717) is 11.7 Å². The van der Waals surface area contributed by atoms with E-state index in [4.69, 9.17) is 5.11 Å². The van der Waals surface area contributed by atoms with Crippen LogP contribution in [-0.4, -0.2) is 21.2 Å². The van der Waals surface area contributed by atoms with Crippen LogP contribution in [0.15, 0.2) is 42.7 Å². The number of aromatic carboxylic acids is 1. The Morgan fingerprint density at radius 1 is 1.25 bits per heavy atom. The van der Waals surface area contributed by atoms with Gasteiger partial charge in [0.1, 0.15) is 5.75 Å². The summed E-state index contributed by atoms with van der Waals surface area (Å²) < 4.78 is 0. The van der Waals surface area contributed by atoms with Crippen LogP contribution < -0.4 is 0 Å². The Labute approximate surface area is 118 Å². The van der Waals surface area contributed by atoms with E-state index in [2.05, 4.69) is 18.8 Å². The normalized spacial score (nSPS) is 9.80. The van der Waals surface area contributed by atoms with Gasteiger partial charge < -0.3 is 10.2 Å². The number of carbonyl (C=O) groups is 1. The highest BCUT2D eigenvalue weighted by molar-refractivity contribution is 5.86. The number of aromatic hydroxyl groups is 1. The van der Waals surface area contributed by atoms with Gasteiger partial charge in [0.05, 0.1) is 5.56 Å². The summed E-state index contributed by atoms with van der Waals surface area (Å²) in [4.78, 5) is 13.8. The second-order valence-corrected chi connectivity index (χ2v) is 4.76. The minimum absolute atomic E-state index is 0.220. The van der Waals surface area contributed by atoms with Crippen molar-refractivity contribution in [1.29, 1.82) is 0 Å². The van der Waals surface area contributed by atoms with E-state index < -0.39 is 5.97 Å². The van der Waals surface area contributed by atoms with Gasteiger partial charge in [-0.25, -0.2) is 4.79 Å². The Morgan fingerprint density at radius 3 is 2.35 bits per heavy atom. The van der Waals surface area contributed by atoms with Crippen LogP contribution >= 0.6 is 0 Å². The first-order valence-electron chi connectivity index (χ1n) is 6.34. The van der Waals surface area contributed by atoms with E-state index in [1.54, 1.807) is 12.1 Å². The van der Waals surface area contributed by atoms with Crippen molar-refractivity contribution in [2.24, 2.45) is 0 Å². The Morgan fingerprint density at radius 2 is 1.95 bits per heavy atom. The predicted molar refractivity (Wildman–Crippen MR) is 78.1 cm³/mol. The molecule has 0 saturated heterocycles. The first kappa shape index (κ1) is 15.7. The quantitative estimate of drug-likeness (QED) is 0.877. The van der Waals surface area contributed by atoms with Gasteiger partial charge in [-0.2, -0.15) is 0 Å². The summed E-state index contributed by atoms with van der Waals surface area (Å²) in [6.07, 6.45) is 2.84. The Bertz CT molecular complexity index is 565. The molecule has 0 fully saturated rings. The highest BCUT2D eigenvalue weighted by atomic mass is 16.4. The number of carboxylic acid groups (broad SMARTS) is 1. The molecule has 1 aromatic carbocycles. The van der Waals surface area contributed by atoms with Gasteiger partial charge in [0.15, 0.2) is 0 Å². The lowest BCUT2D eigenvalue weighted by Gasteiger charge is -2.07. The molecule has 2 aromatic rings. The molecule has 0 aliphatic rings. The maximum Gasteiger partial charge on any atom is 0.337 e. The van der Waals surface area contributed by atoms with Crippen LogP contribution in [0.25, 0.3) is 0 Å². The van der Waals surface area contributed by atoms with Crippen LogP contribution in [0, 0.1) is 6.92 Å². The molecule has 0 amide bonds. The highest BCUT2D eigenvalue weighted by Gasteiger charge is 2.04. The van der Waals surface area contributed by atoms with Crippen molar-refractivity contribution in [2.75, 3.05) is 0 Å². The molecule has 106 valence electrons. The SMILES string of the molecule is Cc1ccc(C(C)C)c(O)c1.O=C(O)c1cccnc1. The molecule has 2 N–H and O–H groups in total. The van der Waals surface area contributed by atoms with Gasteiger partial charge in [0.25, 0.3) is 0 Å². The Balaban J connectivity index is 0.000000204. The summed E-state index contributed by atoms with van der Waals surface area (Å²) in [6.45, 7) is 6.12. The first-order chi connectivity index (χ1) is 9.41. The average molecular weight is 273 g/mol. The molecule has 2 rings (SSSR count). The van der Waals surface area contributed by atoms with Gasteiger partial charge in [-0.15, -0.1) is 0 Å². The molecule has 0 aliphatic carbocycles. The molecule has 0 saturated carbocycles. The lowest BCUT2D eigenvalue weighted by Crippen LogP contribution is -1.94. The number of rotatable bonds is 2.